The monoisotopic (exact) mass is 507 g/mol. The van der Waals surface area contributed by atoms with Crippen LogP contribution in [0, 0.1) is 13.8 Å². The van der Waals surface area contributed by atoms with Gasteiger partial charge in [0, 0.05) is 17.6 Å². The van der Waals surface area contributed by atoms with Gasteiger partial charge in [-0.05, 0) is 69.0 Å². The summed E-state index contributed by atoms with van der Waals surface area (Å²) in [5, 5.41) is 3.41. The van der Waals surface area contributed by atoms with Crippen LogP contribution in [0.25, 0.3) is 0 Å². The van der Waals surface area contributed by atoms with Crippen molar-refractivity contribution in [2.45, 2.75) is 59.7 Å². The average Bonchev–Trinajstić information content (AvgIpc) is 2.76. The van der Waals surface area contributed by atoms with E-state index in [9.17, 15) is 18.0 Å². The predicted molar refractivity (Wildman–Crippen MR) is 137 cm³/mol. The van der Waals surface area contributed by atoms with Crippen molar-refractivity contribution in [1.29, 1.82) is 0 Å². The number of hydrogen-bond donors (Lipinski definition) is 1. The van der Waals surface area contributed by atoms with E-state index in [2.05, 4.69) is 5.32 Å². The topological polar surface area (TPSA) is 86.8 Å². The number of nitrogens with zero attached hydrogens (tertiary/aromatic N) is 2. The highest BCUT2D eigenvalue weighted by Crippen LogP contribution is 2.25. The molecule has 2 amide bonds. The Morgan fingerprint density at radius 2 is 1.74 bits per heavy atom. The number of carbonyl (C=O) groups excluding carboxylic acids is 2. The van der Waals surface area contributed by atoms with E-state index >= 15 is 0 Å². The third-order valence-corrected chi connectivity index (χ3v) is 7.30. The van der Waals surface area contributed by atoms with Gasteiger partial charge in [0.25, 0.3) is 0 Å². The van der Waals surface area contributed by atoms with Gasteiger partial charge >= 0.3 is 0 Å². The summed E-state index contributed by atoms with van der Waals surface area (Å²) >= 11 is 6.12. The average molecular weight is 508 g/mol. The molecule has 2 aromatic rings. The van der Waals surface area contributed by atoms with E-state index in [1.807, 2.05) is 39.8 Å². The van der Waals surface area contributed by atoms with E-state index in [4.69, 9.17) is 11.6 Å². The first kappa shape index (κ1) is 27.7. The Morgan fingerprint density at radius 3 is 2.32 bits per heavy atom. The molecule has 0 heterocycles. The second-order valence-electron chi connectivity index (χ2n) is 8.63. The van der Waals surface area contributed by atoms with Gasteiger partial charge in [0.2, 0.25) is 21.8 Å². The lowest BCUT2D eigenvalue weighted by atomic mass is 10.1. The van der Waals surface area contributed by atoms with Crippen molar-refractivity contribution >= 4 is 39.1 Å². The molecule has 0 spiro atoms. The molecule has 0 aromatic heterocycles. The Bertz CT molecular complexity index is 1140. The molecule has 1 N–H and O–H groups in total. The molecular weight excluding hydrogens is 474 g/mol. The molecule has 2 aromatic carbocycles. The maximum absolute atomic E-state index is 13.6. The van der Waals surface area contributed by atoms with E-state index in [1.165, 1.54) is 4.90 Å². The number of anilines is 1. The molecular formula is C25H34ClN3O4S. The normalized spacial score (nSPS) is 13.1. The summed E-state index contributed by atoms with van der Waals surface area (Å²) in [6.07, 6.45) is 1.82. The van der Waals surface area contributed by atoms with Crippen LogP contribution >= 0.6 is 11.6 Å². The lowest BCUT2D eigenvalue weighted by Gasteiger charge is -2.32. The number of rotatable bonds is 10. The third kappa shape index (κ3) is 7.21. The van der Waals surface area contributed by atoms with Crippen molar-refractivity contribution in [2.75, 3.05) is 17.1 Å². The fourth-order valence-electron chi connectivity index (χ4n) is 3.48. The van der Waals surface area contributed by atoms with E-state index in [0.29, 0.717) is 10.7 Å². The van der Waals surface area contributed by atoms with Crippen LogP contribution in [0.4, 0.5) is 5.69 Å². The van der Waals surface area contributed by atoms with Crippen LogP contribution in [0.15, 0.2) is 42.5 Å². The number of amides is 2. The van der Waals surface area contributed by atoms with Crippen molar-refractivity contribution in [3.05, 3.63) is 64.2 Å². The van der Waals surface area contributed by atoms with Gasteiger partial charge in [-0.2, -0.15) is 0 Å². The summed E-state index contributed by atoms with van der Waals surface area (Å²) in [4.78, 5) is 27.9. The van der Waals surface area contributed by atoms with Crippen LogP contribution < -0.4 is 9.62 Å². The molecule has 7 nitrogen and oxygen atoms in total. The van der Waals surface area contributed by atoms with Gasteiger partial charge in [0.15, 0.2) is 0 Å². The highest BCUT2D eigenvalue weighted by atomic mass is 35.5. The Kier molecular flexibility index (Phi) is 9.53. The molecule has 9 heteroatoms. The van der Waals surface area contributed by atoms with Crippen LogP contribution in [0.2, 0.25) is 5.02 Å². The molecule has 0 unspecified atom stereocenters. The summed E-state index contributed by atoms with van der Waals surface area (Å²) < 4.78 is 26.5. The fraction of sp³-hybridized carbons (Fsp3) is 0.440. The standard InChI is InChI=1S/C25H34ClN3O4S/c1-7-18(3)27-25(31)20(5)28(15-21-11-9-12-22(26)14-21)24(30)16-29(34(6,32)33)23-13-8-10-17(2)19(23)4/h8-14,18,20H,7,15-16H2,1-6H3,(H,27,31)/t18-,20+/m1/s1. The lowest BCUT2D eigenvalue weighted by Crippen LogP contribution is -2.52. The van der Waals surface area contributed by atoms with Crippen LogP contribution in [0.1, 0.15) is 43.9 Å². The van der Waals surface area contributed by atoms with Gasteiger partial charge in [-0.1, -0.05) is 42.8 Å². The molecule has 0 aliphatic rings. The first-order chi connectivity index (χ1) is 15.8. The molecule has 0 fully saturated rings. The predicted octanol–water partition coefficient (Wildman–Crippen LogP) is 4.05. The molecule has 2 rings (SSSR count). The zero-order valence-corrected chi connectivity index (χ0v) is 22.2. The number of carbonyl (C=O) groups is 2. The third-order valence-electron chi connectivity index (χ3n) is 5.93. The second kappa shape index (κ2) is 11.7. The number of hydrogen-bond acceptors (Lipinski definition) is 4. The molecule has 0 saturated heterocycles. The SMILES string of the molecule is CC[C@@H](C)NC(=O)[C@H](C)N(Cc1cccc(Cl)c1)C(=O)CN(c1cccc(C)c1C)S(C)(=O)=O. The Hall–Kier alpha value is -2.58. The summed E-state index contributed by atoms with van der Waals surface area (Å²) in [7, 11) is -3.77. The fourth-order valence-corrected chi connectivity index (χ4v) is 4.59. The van der Waals surface area contributed by atoms with Crippen LogP contribution in [-0.2, 0) is 26.2 Å². The molecule has 0 bridgehead atoms. The highest BCUT2D eigenvalue weighted by Gasteiger charge is 2.31. The minimum absolute atomic E-state index is 0.0551. The Morgan fingerprint density at radius 1 is 1.09 bits per heavy atom. The molecule has 186 valence electrons. The summed E-state index contributed by atoms with van der Waals surface area (Å²) in [6, 6.07) is 11.5. The summed E-state index contributed by atoms with van der Waals surface area (Å²) in [5.74, 6) is -0.791. The smallest absolute Gasteiger partial charge is 0.244 e. The second-order valence-corrected chi connectivity index (χ2v) is 11.0. The number of aryl methyl sites for hydroxylation is 1. The first-order valence-corrected chi connectivity index (χ1v) is 13.5. The minimum Gasteiger partial charge on any atom is -0.352 e. The first-order valence-electron chi connectivity index (χ1n) is 11.2. The van der Waals surface area contributed by atoms with Crippen LogP contribution in [0.5, 0.6) is 0 Å². The zero-order valence-electron chi connectivity index (χ0n) is 20.6. The zero-order chi connectivity index (χ0) is 25.6. The van der Waals surface area contributed by atoms with E-state index < -0.39 is 28.5 Å². The summed E-state index contributed by atoms with van der Waals surface area (Å²) in [6.45, 7) is 8.87. The van der Waals surface area contributed by atoms with Gasteiger partial charge in [-0.25, -0.2) is 8.42 Å². The molecule has 0 radical (unpaired) electrons. The van der Waals surface area contributed by atoms with Crippen molar-refractivity contribution in [1.82, 2.24) is 10.2 Å². The Balaban J connectivity index is 2.43. The van der Waals surface area contributed by atoms with E-state index in [-0.39, 0.29) is 18.5 Å². The van der Waals surface area contributed by atoms with Crippen molar-refractivity contribution in [2.24, 2.45) is 0 Å². The maximum atomic E-state index is 13.6. The van der Waals surface area contributed by atoms with Gasteiger partial charge < -0.3 is 10.2 Å². The number of sulfonamides is 1. The van der Waals surface area contributed by atoms with Crippen LogP contribution in [0.3, 0.4) is 0 Å². The highest BCUT2D eigenvalue weighted by molar-refractivity contribution is 7.92. The van der Waals surface area contributed by atoms with Crippen molar-refractivity contribution in [3.8, 4) is 0 Å². The molecule has 2 atom stereocenters. The van der Waals surface area contributed by atoms with Gasteiger partial charge in [-0.3, -0.25) is 13.9 Å². The molecule has 34 heavy (non-hydrogen) atoms. The van der Waals surface area contributed by atoms with Crippen molar-refractivity contribution in [3.63, 3.8) is 0 Å². The largest absolute Gasteiger partial charge is 0.352 e. The number of nitrogens with one attached hydrogen (secondary N) is 1. The maximum Gasteiger partial charge on any atom is 0.244 e. The van der Waals surface area contributed by atoms with E-state index in [1.54, 1.807) is 37.3 Å². The Labute approximate surface area is 208 Å². The molecule has 0 aliphatic carbocycles. The quantitative estimate of drug-likeness (QED) is 0.525. The number of halogens is 1. The minimum atomic E-state index is -3.77. The molecule has 0 saturated carbocycles. The lowest BCUT2D eigenvalue weighted by molar-refractivity contribution is -0.139. The van der Waals surface area contributed by atoms with Gasteiger partial charge in [0.1, 0.15) is 12.6 Å². The van der Waals surface area contributed by atoms with Crippen LogP contribution in [-0.4, -0.2) is 50.0 Å². The van der Waals surface area contributed by atoms with Crippen molar-refractivity contribution < 1.29 is 18.0 Å². The molecule has 0 aliphatic heterocycles. The summed E-state index contributed by atoms with van der Waals surface area (Å²) in [5.41, 5.74) is 2.86. The number of benzene rings is 2. The van der Waals surface area contributed by atoms with Gasteiger partial charge in [0.05, 0.1) is 11.9 Å². The van der Waals surface area contributed by atoms with Gasteiger partial charge in [-0.15, -0.1) is 0 Å². The van der Waals surface area contributed by atoms with E-state index in [0.717, 1.165) is 33.7 Å².